The van der Waals surface area contributed by atoms with E-state index in [1.165, 1.54) is 12.1 Å². The van der Waals surface area contributed by atoms with Crippen LogP contribution in [0.4, 0.5) is 9.18 Å². The number of hydrogen-bond acceptors (Lipinski definition) is 2. The van der Waals surface area contributed by atoms with Gasteiger partial charge >= 0.3 is 6.09 Å². The van der Waals surface area contributed by atoms with Gasteiger partial charge in [-0.1, -0.05) is 47.1 Å². The molecule has 1 fully saturated rings. The van der Waals surface area contributed by atoms with Crippen molar-refractivity contribution < 1.29 is 13.9 Å². The normalized spacial score (nSPS) is 21.8. The van der Waals surface area contributed by atoms with Gasteiger partial charge in [-0.05, 0) is 48.7 Å². The van der Waals surface area contributed by atoms with Crippen molar-refractivity contribution >= 4 is 22.0 Å². The molecule has 2 aromatic carbocycles. The number of halogens is 2. The van der Waals surface area contributed by atoms with Crippen LogP contribution in [0.5, 0.6) is 0 Å². The van der Waals surface area contributed by atoms with E-state index in [1.54, 1.807) is 17.0 Å². The van der Waals surface area contributed by atoms with Crippen LogP contribution in [-0.4, -0.2) is 17.5 Å². The third-order valence-electron chi connectivity index (χ3n) is 5.04. The van der Waals surface area contributed by atoms with Gasteiger partial charge in [0.05, 0.1) is 6.04 Å². The molecule has 0 radical (unpaired) electrons. The summed E-state index contributed by atoms with van der Waals surface area (Å²) in [5.41, 5.74) is 1.23. The summed E-state index contributed by atoms with van der Waals surface area (Å²) in [7, 11) is 0. The summed E-state index contributed by atoms with van der Waals surface area (Å²) in [5, 5.41) is 0. The Bertz CT molecular complexity index is 747. The molecule has 25 heavy (non-hydrogen) atoms. The summed E-state index contributed by atoms with van der Waals surface area (Å²) in [5.74, 6) is -0.289. The van der Waals surface area contributed by atoms with Crippen molar-refractivity contribution in [2.24, 2.45) is 0 Å². The van der Waals surface area contributed by atoms with Gasteiger partial charge in [0.25, 0.3) is 0 Å². The van der Waals surface area contributed by atoms with E-state index in [4.69, 9.17) is 4.74 Å². The molecule has 3 rings (SSSR count). The predicted molar refractivity (Wildman–Crippen MR) is 98.7 cm³/mol. The average molecular weight is 406 g/mol. The van der Waals surface area contributed by atoms with Gasteiger partial charge in [-0.15, -0.1) is 0 Å². The van der Waals surface area contributed by atoms with Crippen molar-refractivity contribution in [2.45, 2.75) is 38.3 Å². The van der Waals surface area contributed by atoms with Gasteiger partial charge in [0, 0.05) is 17.4 Å². The molecular weight excluding hydrogens is 385 g/mol. The second-order valence-corrected chi connectivity index (χ2v) is 7.31. The molecule has 132 valence electrons. The van der Waals surface area contributed by atoms with Crippen LogP contribution < -0.4 is 0 Å². The molecule has 0 spiro atoms. The van der Waals surface area contributed by atoms with Crippen LogP contribution in [0.25, 0.3) is 0 Å². The van der Waals surface area contributed by atoms with Crippen molar-refractivity contribution in [3.8, 4) is 0 Å². The lowest BCUT2D eigenvalue weighted by atomic mass is 9.86. The molecule has 2 unspecified atom stereocenters. The van der Waals surface area contributed by atoms with Gasteiger partial charge in [0.1, 0.15) is 11.4 Å². The molecule has 1 aliphatic rings. The Hall–Kier alpha value is -1.88. The highest BCUT2D eigenvalue weighted by Crippen LogP contribution is 2.39. The van der Waals surface area contributed by atoms with Crippen molar-refractivity contribution in [2.75, 3.05) is 6.54 Å². The molecule has 2 aromatic rings. The van der Waals surface area contributed by atoms with Crippen molar-refractivity contribution in [1.29, 1.82) is 0 Å². The summed E-state index contributed by atoms with van der Waals surface area (Å²) < 4.78 is 20.1. The Morgan fingerprint density at radius 3 is 2.40 bits per heavy atom. The Labute approximate surface area is 155 Å². The van der Waals surface area contributed by atoms with Gasteiger partial charge in [0.2, 0.25) is 0 Å². The van der Waals surface area contributed by atoms with Crippen LogP contribution in [-0.2, 0) is 10.3 Å². The first-order chi connectivity index (χ1) is 11.9. The largest absolute Gasteiger partial charge is 0.438 e. The Balaban J connectivity index is 1.80. The molecule has 1 saturated heterocycles. The molecule has 1 heterocycles. The number of carbonyl (C=O) groups is 1. The third kappa shape index (κ3) is 3.56. The van der Waals surface area contributed by atoms with Gasteiger partial charge in [-0.2, -0.15) is 0 Å². The van der Waals surface area contributed by atoms with Gasteiger partial charge < -0.3 is 9.64 Å². The molecule has 2 atom stereocenters. The molecule has 1 amide bonds. The lowest BCUT2D eigenvalue weighted by molar-refractivity contribution is -0.0628. The van der Waals surface area contributed by atoms with Crippen molar-refractivity contribution in [3.63, 3.8) is 0 Å². The number of ether oxygens (including phenoxy) is 1. The van der Waals surface area contributed by atoms with Gasteiger partial charge in [-0.25, -0.2) is 9.18 Å². The maximum absolute atomic E-state index is 13.2. The van der Waals surface area contributed by atoms with E-state index in [9.17, 15) is 9.18 Å². The molecule has 5 heteroatoms. The molecule has 3 nitrogen and oxygen atoms in total. The minimum Gasteiger partial charge on any atom is -0.438 e. The third-order valence-corrected chi connectivity index (χ3v) is 5.56. The van der Waals surface area contributed by atoms with Crippen LogP contribution in [0.1, 0.15) is 43.9 Å². The predicted octanol–water partition coefficient (Wildman–Crippen LogP) is 5.80. The minimum absolute atomic E-state index is 0.0660. The smallest absolute Gasteiger partial charge is 0.411 e. The Morgan fingerprint density at radius 2 is 1.84 bits per heavy atom. The molecule has 0 N–H and O–H groups in total. The summed E-state index contributed by atoms with van der Waals surface area (Å²) in [6, 6.07) is 14.1. The number of carbonyl (C=O) groups excluding carboxylic acids is 1. The highest BCUT2D eigenvalue weighted by atomic mass is 79.9. The second kappa shape index (κ2) is 7.16. The number of rotatable bonds is 4. The monoisotopic (exact) mass is 405 g/mol. The molecule has 0 aliphatic carbocycles. The first-order valence-corrected chi connectivity index (χ1v) is 9.25. The maximum Gasteiger partial charge on any atom is 0.411 e. The van der Waals surface area contributed by atoms with Crippen molar-refractivity contribution in [1.82, 2.24) is 4.90 Å². The maximum atomic E-state index is 13.2. The zero-order valence-corrected chi connectivity index (χ0v) is 15.9. The van der Waals surface area contributed by atoms with Crippen LogP contribution in [0.15, 0.2) is 53.0 Å². The summed E-state index contributed by atoms with van der Waals surface area (Å²) >= 11 is 3.43. The number of benzene rings is 2. The van der Waals surface area contributed by atoms with Crippen molar-refractivity contribution in [3.05, 3.63) is 69.9 Å². The van der Waals surface area contributed by atoms with Gasteiger partial charge in [0.15, 0.2) is 0 Å². The molecule has 0 saturated carbocycles. The molecule has 0 bridgehead atoms. The highest BCUT2D eigenvalue weighted by molar-refractivity contribution is 9.10. The number of amides is 1. The number of cyclic esters (lactones) is 1. The number of hydrogen-bond donors (Lipinski definition) is 0. The summed E-state index contributed by atoms with van der Waals surface area (Å²) in [6.07, 6.45) is 1.01. The first-order valence-electron chi connectivity index (χ1n) is 8.46. The second-order valence-electron chi connectivity index (χ2n) is 6.39. The highest BCUT2D eigenvalue weighted by Gasteiger charge is 2.42. The minimum atomic E-state index is -0.680. The Morgan fingerprint density at radius 1 is 1.20 bits per heavy atom. The van der Waals surface area contributed by atoms with Crippen LogP contribution in [0.2, 0.25) is 0 Å². The standard InChI is InChI=1S/C20H21BrFNO2/c1-3-20(16-6-10-18(22)11-7-16)12-13-23(19(24)25-20)14(2)15-4-8-17(21)9-5-15/h4-11,14H,3,12-13H2,1-2H3. The fourth-order valence-electron chi connectivity index (χ4n) is 3.35. The topological polar surface area (TPSA) is 29.5 Å². The molecular formula is C20H21BrFNO2. The number of nitrogens with zero attached hydrogens (tertiary/aromatic N) is 1. The quantitative estimate of drug-likeness (QED) is 0.643. The summed E-state index contributed by atoms with van der Waals surface area (Å²) in [6.45, 7) is 4.59. The lowest BCUT2D eigenvalue weighted by Gasteiger charge is -2.43. The lowest BCUT2D eigenvalue weighted by Crippen LogP contribution is -2.48. The molecule has 0 aromatic heterocycles. The average Bonchev–Trinajstić information content (AvgIpc) is 2.62. The van der Waals surface area contributed by atoms with Gasteiger partial charge in [-0.3, -0.25) is 0 Å². The van der Waals surface area contributed by atoms with Crippen LogP contribution >= 0.6 is 15.9 Å². The van der Waals surface area contributed by atoms with Crippen LogP contribution in [0.3, 0.4) is 0 Å². The summed E-state index contributed by atoms with van der Waals surface area (Å²) in [4.78, 5) is 14.5. The van der Waals surface area contributed by atoms with E-state index >= 15 is 0 Å². The van der Waals surface area contributed by atoms with E-state index in [0.29, 0.717) is 19.4 Å². The molecule has 1 aliphatic heterocycles. The van der Waals surface area contributed by atoms with Crippen LogP contribution in [0, 0.1) is 5.82 Å². The van der Waals surface area contributed by atoms with E-state index < -0.39 is 5.60 Å². The fraction of sp³-hybridized carbons (Fsp3) is 0.350. The fourth-order valence-corrected chi connectivity index (χ4v) is 3.62. The SMILES string of the molecule is CCC1(c2ccc(F)cc2)CCN(C(C)c2ccc(Br)cc2)C(=O)O1. The van der Waals surface area contributed by atoms with E-state index in [1.807, 2.05) is 38.1 Å². The van der Waals surface area contributed by atoms with E-state index in [0.717, 1.165) is 15.6 Å². The van der Waals surface area contributed by atoms with E-state index in [2.05, 4.69) is 15.9 Å². The van der Waals surface area contributed by atoms with E-state index in [-0.39, 0.29) is 18.0 Å². The first kappa shape index (κ1) is 17.9. The zero-order chi connectivity index (χ0) is 18.0. The Kier molecular flexibility index (Phi) is 5.13. The zero-order valence-electron chi connectivity index (χ0n) is 14.3.